The number of rotatable bonds is 2. The molecule has 4 aromatic carbocycles. The van der Waals surface area contributed by atoms with E-state index in [0.29, 0.717) is 21.8 Å². The zero-order chi connectivity index (χ0) is 21.1. The van der Waals surface area contributed by atoms with Crippen molar-refractivity contribution in [1.82, 2.24) is 4.57 Å². The minimum absolute atomic E-state index is 0.325. The molecule has 0 saturated heterocycles. The number of carbonyl (C=O) groups is 2. The third-order valence-electron chi connectivity index (χ3n) is 5.79. The number of imide groups is 1. The fourth-order valence-corrected chi connectivity index (χ4v) is 4.57. The van der Waals surface area contributed by atoms with Crippen molar-refractivity contribution in [2.75, 3.05) is 4.90 Å². The van der Waals surface area contributed by atoms with Crippen LogP contribution in [0, 0.1) is 0 Å². The highest BCUT2D eigenvalue weighted by Gasteiger charge is 2.39. The minimum Gasteiger partial charge on any atom is -0.308 e. The summed E-state index contributed by atoms with van der Waals surface area (Å²) in [4.78, 5) is 28.1. The second-order valence-corrected chi connectivity index (χ2v) is 7.93. The van der Waals surface area contributed by atoms with Crippen LogP contribution in [0.2, 0.25) is 5.02 Å². The van der Waals surface area contributed by atoms with Crippen molar-refractivity contribution in [3.8, 4) is 5.69 Å². The van der Waals surface area contributed by atoms with Gasteiger partial charge in [0.2, 0.25) is 0 Å². The number of amides is 2. The molecule has 0 aliphatic carbocycles. The summed E-state index contributed by atoms with van der Waals surface area (Å²) in [5, 5.41) is 2.53. The van der Waals surface area contributed by atoms with Crippen LogP contribution in [-0.4, -0.2) is 16.4 Å². The van der Waals surface area contributed by atoms with Crippen LogP contribution in [0.1, 0.15) is 20.7 Å². The molecule has 4 nitrogen and oxygen atoms in total. The van der Waals surface area contributed by atoms with Gasteiger partial charge < -0.3 is 4.57 Å². The van der Waals surface area contributed by atoms with Gasteiger partial charge in [-0.25, -0.2) is 4.90 Å². The van der Waals surface area contributed by atoms with Crippen LogP contribution >= 0.6 is 11.6 Å². The lowest BCUT2D eigenvalue weighted by molar-refractivity contribution is 0.0926. The molecular weight excluding hydrogens is 408 g/mol. The van der Waals surface area contributed by atoms with Gasteiger partial charge in [0, 0.05) is 21.5 Å². The van der Waals surface area contributed by atoms with E-state index in [1.165, 1.54) is 4.90 Å². The number of fused-ring (bicyclic) bond motifs is 5. The first kappa shape index (κ1) is 17.9. The fourth-order valence-electron chi connectivity index (χ4n) is 4.45. The number of nitrogens with zero attached hydrogens (tertiary/aromatic N) is 2. The first-order chi connectivity index (χ1) is 15.1. The summed E-state index contributed by atoms with van der Waals surface area (Å²) < 4.78 is 2.07. The van der Waals surface area contributed by atoms with E-state index in [9.17, 15) is 9.59 Å². The largest absolute Gasteiger partial charge is 0.308 e. The Hall–Kier alpha value is -3.89. The number of aromatic nitrogens is 1. The molecule has 6 rings (SSSR count). The van der Waals surface area contributed by atoms with Crippen molar-refractivity contribution in [3.63, 3.8) is 0 Å². The van der Waals surface area contributed by atoms with E-state index in [1.807, 2.05) is 60.7 Å². The van der Waals surface area contributed by atoms with Crippen molar-refractivity contribution in [2.24, 2.45) is 0 Å². The van der Waals surface area contributed by atoms with Crippen LogP contribution in [0.4, 0.5) is 5.69 Å². The summed E-state index contributed by atoms with van der Waals surface area (Å²) in [6.07, 6.45) is 0. The van der Waals surface area contributed by atoms with Crippen LogP contribution in [-0.2, 0) is 0 Å². The summed E-state index contributed by atoms with van der Waals surface area (Å²) >= 11 is 6.00. The van der Waals surface area contributed by atoms with Gasteiger partial charge in [-0.05, 0) is 48.5 Å². The average Bonchev–Trinajstić information content (AvgIpc) is 3.27. The van der Waals surface area contributed by atoms with Gasteiger partial charge in [-0.2, -0.15) is 0 Å². The van der Waals surface area contributed by atoms with Crippen LogP contribution in [0.15, 0.2) is 91.0 Å². The maximum atomic E-state index is 13.6. The predicted octanol–water partition coefficient (Wildman–Crippen LogP) is 6.24. The molecule has 0 N–H and O–H groups in total. The Bertz CT molecular complexity index is 1520. The number of hydrogen-bond donors (Lipinski definition) is 0. The third kappa shape index (κ3) is 2.49. The summed E-state index contributed by atoms with van der Waals surface area (Å²) in [6.45, 7) is 0. The molecule has 0 saturated carbocycles. The van der Waals surface area contributed by atoms with E-state index in [1.54, 1.807) is 30.3 Å². The first-order valence-electron chi connectivity index (χ1n) is 9.91. The van der Waals surface area contributed by atoms with E-state index >= 15 is 0 Å². The van der Waals surface area contributed by atoms with Crippen LogP contribution in [0.5, 0.6) is 0 Å². The number of para-hydroxylation sites is 2. The zero-order valence-corrected chi connectivity index (χ0v) is 17.0. The molecule has 1 aromatic heterocycles. The normalized spacial score (nSPS) is 13.4. The molecule has 2 heterocycles. The highest BCUT2D eigenvalue weighted by Crippen LogP contribution is 2.39. The molecule has 0 bridgehead atoms. The molecule has 0 fully saturated rings. The fraction of sp³-hybridized carbons (Fsp3) is 0. The molecule has 0 unspecified atom stereocenters. The molecule has 1 aliphatic rings. The van der Waals surface area contributed by atoms with E-state index in [4.69, 9.17) is 11.6 Å². The summed E-state index contributed by atoms with van der Waals surface area (Å²) in [7, 11) is 0. The van der Waals surface area contributed by atoms with Crippen molar-refractivity contribution in [2.45, 2.75) is 0 Å². The standard InChI is InChI=1S/C26H15ClN2O2/c27-16-10-12-18(13-11-16)29-25(30)21-15-14-20-19-8-4-5-9-22(19)28(17-6-2-1-3-7-17)24(20)23(21)26(29)31/h1-15H. The van der Waals surface area contributed by atoms with Crippen LogP contribution < -0.4 is 4.90 Å². The van der Waals surface area contributed by atoms with Crippen molar-refractivity contribution >= 4 is 50.9 Å². The second kappa shape index (κ2) is 6.56. The van der Waals surface area contributed by atoms with Gasteiger partial charge in [0.05, 0.1) is 27.8 Å². The van der Waals surface area contributed by atoms with Crippen molar-refractivity contribution < 1.29 is 9.59 Å². The van der Waals surface area contributed by atoms with Gasteiger partial charge in [0.1, 0.15) is 0 Å². The van der Waals surface area contributed by atoms with Gasteiger partial charge in [0.15, 0.2) is 0 Å². The van der Waals surface area contributed by atoms with E-state index in [2.05, 4.69) is 4.57 Å². The van der Waals surface area contributed by atoms with E-state index < -0.39 is 0 Å². The van der Waals surface area contributed by atoms with Gasteiger partial charge in [-0.1, -0.05) is 54.1 Å². The Balaban J connectivity index is 1.70. The van der Waals surface area contributed by atoms with Gasteiger partial charge >= 0.3 is 0 Å². The highest BCUT2D eigenvalue weighted by molar-refractivity contribution is 6.38. The lowest BCUT2D eigenvalue weighted by Gasteiger charge is -2.14. The maximum absolute atomic E-state index is 13.6. The lowest BCUT2D eigenvalue weighted by Crippen LogP contribution is -2.29. The quantitative estimate of drug-likeness (QED) is 0.316. The Labute approximate surface area is 182 Å². The van der Waals surface area contributed by atoms with Gasteiger partial charge in [-0.3, -0.25) is 9.59 Å². The van der Waals surface area contributed by atoms with E-state index in [-0.39, 0.29) is 11.8 Å². The zero-order valence-electron chi connectivity index (χ0n) is 16.2. The molecule has 5 aromatic rings. The molecular formula is C26H15ClN2O2. The average molecular weight is 423 g/mol. The Kier molecular flexibility index (Phi) is 3.79. The topological polar surface area (TPSA) is 42.3 Å². The molecule has 0 atom stereocenters. The van der Waals surface area contributed by atoms with Gasteiger partial charge in [-0.15, -0.1) is 0 Å². The van der Waals surface area contributed by atoms with Crippen molar-refractivity contribution in [1.29, 1.82) is 0 Å². The number of anilines is 1. The summed E-state index contributed by atoms with van der Waals surface area (Å²) in [5.74, 6) is -0.651. The molecule has 0 radical (unpaired) electrons. The maximum Gasteiger partial charge on any atom is 0.268 e. The summed E-state index contributed by atoms with van der Waals surface area (Å²) in [5.41, 5.74) is 4.02. The third-order valence-corrected chi connectivity index (χ3v) is 6.04. The summed E-state index contributed by atoms with van der Waals surface area (Å²) in [6, 6.07) is 28.4. The molecule has 0 spiro atoms. The first-order valence-corrected chi connectivity index (χ1v) is 10.3. The Morgan fingerprint density at radius 3 is 2.10 bits per heavy atom. The molecule has 2 amide bonds. The number of carbonyl (C=O) groups excluding carboxylic acids is 2. The van der Waals surface area contributed by atoms with Gasteiger partial charge in [0.25, 0.3) is 11.8 Å². The van der Waals surface area contributed by atoms with Crippen LogP contribution in [0.3, 0.4) is 0 Å². The monoisotopic (exact) mass is 422 g/mol. The SMILES string of the molecule is O=C1c2ccc3c4ccccc4n(-c4ccccc4)c3c2C(=O)N1c1ccc(Cl)cc1. The van der Waals surface area contributed by atoms with E-state index in [0.717, 1.165) is 27.5 Å². The highest BCUT2D eigenvalue weighted by atomic mass is 35.5. The van der Waals surface area contributed by atoms with Crippen LogP contribution in [0.25, 0.3) is 27.5 Å². The smallest absolute Gasteiger partial charge is 0.268 e. The molecule has 5 heteroatoms. The molecule has 148 valence electrons. The predicted molar refractivity (Wildman–Crippen MR) is 123 cm³/mol. The lowest BCUT2D eigenvalue weighted by atomic mass is 10.0. The number of halogens is 1. The number of hydrogen-bond acceptors (Lipinski definition) is 2. The molecule has 1 aliphatic heterocycles. The van der Waals surface area contributed by atoms with Crippen molar-refractivity contribution in [3.05, 3.63) is 107 Å². The molecule has 31 heavy (non-hydrogen) atoms. The minimum atomic E-state index is -0.326. The Morgan fingerprint density at radius 1 is 0.613 bits per heavy atom. The number of benzene rings is 4. The second-order valence-electron chi connectivity index (χ2n) is 7.49. The Morgan fingerprint density at radius 2 is 1.32 bits per heavy atom.